The van der Waals surface area contributed by atoms with E-state index in [2.05, 4.69) is 22.4 Å². The number of nitrogens with two attached hydrogens (primary N) is 1. The highest BCUT2D eigenvalue weighted by molar-refractivity contribution is 5.89. The van der Waals surface area contributed by atoms with E-state index in [9.17, 15) is 0 Å². The number of pyridine rings is 1. The molecule has 21 heavy (non-hydrogen) atoms. The van der Waals surface area contributed by atoms with Gasteiger partial charge in [0.05, 0.1) is 17.1 Å². The van der Waals surface area contributed by atoms with Crippen LogP contribution in [0.1, 0.15) is 0 Å². The molecular formula is C16H14N5+. The van der Waals surface area contributed by atoms with Crippen LogP contribution in [0.4, 0.5) is 5.82 Å². The van der Waals surface area contributed by atoms with E-state index in [0.29, 0.717) is 6.67 Å². The van der Waals surface area contributed by atoms with E-state index in [4.69, 9.17) is 5.73 Å². The Hall–Kier alpha value is -2.95. The van der Waals surface area contributed by atoms with Gasteiger partial charge in [0.15, 0.2) is 6.67 Å². The fourth-order valence-electron chi connectivity index (χ4n) is 2.57. The molecule has 2 heterocycles. The summed E-state index contributed by atoms with van der Waals surface area (Å²) in [4.78, 5) is 0. The van der Waals surface area contributed by atoms with Crippen molar-refractivity contribution in [2.45, 2.75) is 6.67 Å². The minimum absolute atomic E-state index is 0.539. The number of hydrogen-bond donors (Lipinski definition) is 1. The Morgan fingerprint density at radius 2 is 1.81 bits per heavy atom. The Morgan fingerprint density at radius 1 is 1.00 bits per heavy atom. The van der Waals surface area contributed by atoms with Crippen molar-refractivity contribution in [2.75, 3.05) is 5.73 Å². The van der Waals surface area contributed by atoms with Crippen molar-refractivity contribution in [3.63, 3.8) is 0 Å². The van der Waals surface area contributed by atoms with E-state index in [1.807, 2.05) is 57.9 Å². The van der Waals surface area contributed by atoms with Gasteiger partial charge in [-0.05, 0) is 29.7 Å². The third kappa shape index (κ3) is 1.90. The van der Waals surface area contributed by atoms with E-state index in [1.54, 1.807) is 0 Å². The van der Waals surface area contributed by atoms with Crippen molar-refractivity contribution < 1.29 is 4.57 Å². The largest absolute Gasteiger partial charge is 0.286 e. The molecule has 0 fully saturated rings. The molecule has 0 spiro atoms. The number of hydrogen-bond acceptors (Lipinski definition) is 3. The van der Waals surface area contributed by atoms with Gasteiger partial charge in [-0.2, -0.15) is 0 Å². The van der Waals surface area contributed by atoms with Gasteiger partial charge in [-0.25, -0.2) is 9.25 Å². The van der Waals surface area contributed by atoms with Gasteiger partial charge < -0.3 is 0 Å². The van der Waals surface area contributed by atoms with Crippen LogP contribution in [0.25, 0.3) is 21.8 Å². The molecule has 0 unspecified atom stereocenters. The van der Waals surface area contributed by atoms with Crippen LogP contribution in [0, 0.1) is 0 Å². The highest BCUT2D eigenvalue weighted by atomic mass is 15.5. The Bertz CT molecular complexity index is 942. The van der Waals surface area contributed by atoms with Crippen molar-refractivity contribution in [1.29, 1.82) is 0 Å². The maximum atomic E-state index is 6.28. The van der Waals surface area contributed by atoms with Gasteiger partial charge in [-0.1, -0.05) is 35.5 Å². The third-order valence-electron chi connectivity index (χ3n) is 3.69. The highest BCUT2D eigenvalue weighted by Crippen LogP contribution is 2.17. The van der Waals surface area contributed by atoms with Crippen molar-refractivity contribution in [1.82, 2.24) is 15.0 Å². The normalized spacial score (nSPS) is 11.2. The summed E-state index contributed by atoms with van der Waals surface area (Å²) in [7, 11) is 0. The zero-order valence-corrected chi connectivity index (χ0v) is 11.3. The smallest absolute Gasteiger partial charge is 0.281 e. The Labute approximate surface area is 121 Å². The fourth-order valence-corrected chi connectivity index (χ4v) is 2.57. The quantitative estimate of drug-likeness (QED) is 0.569. The van der Waals surface area contributed by atoms with Crippen LogP contribution in [-0.2, 0) is 6.67 Å². The number of rotatable bonds is 2. The molecule has 0 aliphatic heterocycles. The minimum atomic E-state index is 0.539. The molecular weight excluding hydrogens is 262 g/mol. The highest BCUT2D eigenvalue weighted by Gasteiger charge is 2.12. The number of fused-ring (bicyclic) bond motifs is 2. The minimum Gasteiger partial charge on any atom is -0.286 e. The zero-order valence-electron chi connectivity index (χ0n) is 11.3. The lowest BCUT2D eigenvalue weighted by Crippen LogP contribution is -2.40. The number of benzene rings is 2. The van der Waals surface area contributed by atoms with E-state index in [0.717, 1.165) is 27.6 Å². The summed E-state index contributed by atoms with van der Waals surface area (Å²) in [5, 5.41) is 10.5. The van der Waals surface area contributed by atoms with Crippen molar-refractivity contribution >= 4 is 27.6 Å². The lowest BCUT2D eigenvalue weighted by Gasteiger charge is -2.06. The number of anilines is 1. The van der Waals surface area contributed by atoms with Gasteiger partial charge in [0, 0.05) is 0 Å². The summed E-state index contributed by atoms with van der Waals surface area (Å²) >= 11 is 0. The summed E-state index contributed by atoms with van der Waals surface area (Å²) in [5.74, 6) is 0.729. The first-order chi connectivity index (χ1) is 10.3. The van der Waals surface area contributed by atoms with Gasteiger partial charge >= 0.3 is 0 Å². The molecule has 5 nitrogen and oxygen atoms in total. The molecule has 0 amide bonds. The molecule has 4 rings (SSSR count). The summed E-state index contributed by atoms with van der Waals surface area (Å²) in [6.45, 7) is 0.539. The van der Waals surface area contributed by atoms with Crippen LogP contribution < -0.4 is 10.3 Å². The van der Waals surface area contributed by atoms with E-state index < -0.39 is 0 Å². The molecule has 0 aliphatic rings. The van der Waals surface area contributed by atoms with Crippen molar-refractivity contribution in [3.8, 4) is 0 Å². The second kappa shape index (κ2) is 4.56. The average Bonchev–Trinajstić information content (AvgIpc) is 2.94. The molecule has 0 atom stereocenters. The van der Waals surface area contributed by atoms with Gasteiger partial charge in [0.1, 0.15) is 5.52 Å². The van der Waals surface area contributed by atoms with E-state index in [-0.39, 0.29) is 0 Å². The fraction of sp³-hybridized carbons (Fsp3) is 0.0625. The Kier molecular flexibility index (Phi) is 2.57. The molecule has 0 saturated heterocycles. The number of aromatic nitrogens is 4. The van der Waals surface area contributed by atoms with Gasteiger partial charge in [-0.15, -0.1) is 5.10 Å². The number of para-hydroxylation sites is 1. The second-order valence-electron chi connectivity index (χ2n) is 4.98. The summed E-state index contributed by atoms with van der Waals surface area (Å²) in [6.07, 6.45) is 1.98. The maximum Gasteiger partial charge on any atom is 0.281 e. The third-order valence-corrected chi connectivity index (χ3v) is 3.69. The lowest BCUT2D eigenvalue weighted by atomic mass is 10.1. The molecule has 0 radical (unpaired) electrons. The number of nitrogens with zero attached hydrogens (tertiary/aromatic N) is 4. The SMILES string of the molecule is Nc1c2ccccc2cc[n+]1Cn1nnc2ccccc21. The zero-order chi connectivity index (χ0) is 14.2. The molecule has 0 bridgehead atoms. The maximum absolute atomic E-state index is 6.28. The topological polar surface area (TPSA) is 60.6 Å². The molecule has 102 valence electrons. The first-order valence-electron chi connectivity index (χ1n) is 6.78. The van der Waals surface area contributed by atoms with Crippen LogP contribution in [0.15, 0.2) is 60.8 Å². The second-order valence-corrected chi connectivity index (χ2v) is 4.98. The molecule has 4 aromatic rings. The summed E-state index contributed by atoms with van der Waals surface area (Å²) in [6, 6.07) is 18.0. The van der Waals surface area contributed by atoms with Crippen LogP contribution in [-0.4, -0.2) is 15.0 Å². The average molecular weight is 276 g/mol. The van der Waals surface area contributed by atoms with Gasteiger partial charge in [-0.3, -0.25) is 5.73 Å². The summed E-state index contributed by atoms with van der Waals surface area (Å²) < 4.78 is 3.82. The van der Waals surface area contributed by atoms with E-state index >= 15 is 0 Å². The molecule has 0 saturated carbocycles. The summed E-state index contributed by atoms with van der Waals surface area (Å²) in [5.41, 5.74) is 8.17. The Balaban J connectivity index is 1.82. The molecule has 2 aromatic carbocycles. The lowest BCUT2D eigenvalue weighted by molar-refractivity contribution is -0.687. The van der Waals surface area contributed by atoms with Gasteiger partial charge in [0.2, 0.25) is 0 Å². The van der Waals surface area contributed by atoms with Crippen molar-refractivity contribution in [2.24, 2.45) is 0 Å². The van der Waals surface area contributed by atoms with E-state index in [1.165, 1.54) is 0 Å². The first-order valence-corrected chi connectivity index (χ1v) is 6.78. The molecule has 5 heteroatoms. The van der Waals surface area contributed by atoms with Gasteiger partial charge in [0.25, 0.3) is 5.82 Å². The van der Waals surface area contributed by atoms with Crippen LogP contribution in [0.2, 0.25) is 0 Å². The molecule has 2 N–H and O–H groups in total. The monoisotopic (exact) mass is 276 g/mol. The number of nitrogen functional groups attached to an aromatic ring is 1. The Morgan fingerprint density at radius 3 is 2.76 bits per heavy atom. The predicted octanol–water partition coefficient (Wildman–Crippen LogP) is 1.96. The molecule has 2 aromatic heterocycles. The van der Waals surface area contributed by atoms with Crippen LogP contribution >= 0.6 is 0 Å². The predicted molar refractivity (Wildman–Crippen MR) is 81.5 cm³/mol. The molecule has 0 aliphatic carbocycles. The van der Waals surface area contributed by atoms with Crippen molar-refractivity contribution in [3.05, 3.63) is 60.8 Å². The van der Waals surface area contributed by atoms with Crippen LogP contribution in [0.5, 0.6) is 0 Å². The standard InChI is InChI=1S/C16H13N5/c17-16-13-6-2-1-5-12(13)9-10-20(16)11-21-15-8-4-3-7-14(15)18-19-21/h1-10,17H,11H2/p+1. The van der Waals surface area contributed by atoms with Crippen LogP contribution in [0.3, 0.4) is 0 Å². The first kappa shape index (κ1) is 11.8.